The van der Waals surface area contributed by atoms with Crippen LogP contribution in [0.2, 0.25) is 0 Å². The number of nitrogens with zero attached hydrogens (tertiary/aromatic N) is 3. The number of primary amides is 1. The third kappa shape index (κ3) is 2.58. The molecule has 0 aliphatic heterocycles. The fraction of sp³-hybridized carbons (Fsp3) is 0.375. The molecule has 0 radical (unpaired) electrons. The summed E-state index contributed by atoms with van der Waals surface area (Å²) >= 11 is 0. The predicted octanol–water partition coefficient (Wildman–Crippen LogP) is -0.711. The van der Waals surface area contributed by atoms with Gasteiger partial charge in [-0.3, -0.25) is 4.79 Å². The van der Waals surface area contributed by atoms with Crippen molar-refractivity contribution in [2.24, 2.45) is 5.73 Å². The Kier molecular flexibility index (Phi) is 2.85. The lowest BCUT2D eigenvalue weighted by Gasteiger charge is -2.16. The van der Waals surface area contributed by atoms with Gasteiger partial charge in [0.25, 0.3) is 0 Å². The smallest absolute Gasteiger partial charge is 0.236 e. The third-order valence-electron chi connectivity index (χ3n) is 1.64. The van der Waals surface area contributed by atoms with Crippen LogP contribution in [-0.2, 0) is 4.79 Å². The fourth-order valence-corrected chi connectivity index (χ4v) is 1.08. The van der Waals surface area contributed by atoms with Gasteiger partial charge in [0, 0.05) is 18.8 Å². The highest BCUT2D eigenvalue weighted by atomic mass is 16.1. The maximum absolute atomic E-state index is 10.7. The van der Waals surface area contributed by atoms with E-state index in [0.717, 1.165) is 5.69 Å². The molecule has 14 heavy (non-hydrogen) atoms. The second kappa shape index (κ2) is 3.91. The zero-order valence-electron chi connectivity index (χ0n) is 8.19. The lowest BCUT2D eigenvalue weighted by molar-refractivity contribution is -0.116. The van der Waals surface area contributed by atoms with E-state index in [4.69, 9.17) is 11.5 Å². The van der Waals surface area contributed by atoms with Gasteiger partial charge in [-0.15, -0.1) is 0 Å². The van der Waals surface area contributed by atoms with E-state index in [1.807, 2.05) is 0 Å². The Morgan fingerprint density at radius 3 is 2.71 bits per heavy atom. The van der Waals surface area contributed by atoms with Crippen LogP contribution in [0, 0.1) is 6.92 Å². The number of likely N-dealkylation sites (N-methyl/N-ethyl adjacent to an activating group) is 1. The average Bonchev–Trinajstić information content (AvgIpc) is 2.00. The van der Waals surface area contributed by atoms with Gasteiger partial charge >= 0.3 is 0 Å². The molecule has 1 heterocycles. The minimum absolute atomic E-state index is 0.107. The summed E-state index contributed by atoms with van der Waals surface area (Å²) in [7, 11) is 1.71. The van der Waals surface area contributed by atoms with Gasteiger partial charge in [-0.25, -0.2) is 4.98 Å². The van der Waals surface area contributed by atoms with Crippen molar-refractivity contribution in [2.45, 2.75) is 6.92 Å². The van der Waals surface area contributed by atoms with Crippen molar-refractivity contribution in [1.29, 1.82) is 0 Å². The van der Waals surface area contributed by atoms with E-state index in [9.17, 15) is 4.79 Å². The summed E-state index contributed by atoms with van der Waals surface area (Å²) in [6, 6.07) is 1.74. The second-order valence-corrected chi connectivity index (χ2v) is 3.05. The van der Waals surface area contributed by atoms with Crippen LogP contribution in [0.4, 0.5) is 11.8 Å². The van der Waals surface area contributed by atoms with E-state index in [0.29, 0.717) is 5.82 Å². The average molecular weight is 195 g/mol. The van der Waals surface area contributed by atoms with E-state index < -0.39 is 5.91 Å². The molecule has 0 aliphatic carbocycles. The predicted molar refractivity (Wildman–Crippen MR) is 53.6 cm³/mol. The molecular formula is C8H13N5O. The summed E-state index contributed by atoms with van der Waals surface area (Å²) in [5.41, 5.74) is 11.3. The van der Waals surface area contributed by atoms with Crippen molar-refractivity contribution in [1.82, 2.24) is 9.97 Å². The Morgan fingerprint density at radius 1 is 1.57 bits per heavy atom. The first-order valence-electron chi connectivity index (χ1n) is 4.09. The normalized spacial score (nSPS) is 9.86. The number of nitrogens with two attached hydrogens (primary N) is 2. The molecule has 0 fully saturated rings. The molecule has 0 saturated carbocycles. The van der Waals surface area contributed by atoms with Crippen LogP contribution in [0.1, 0.15) is 5.69 Å². The molecule has 0 unspecified atom stereocenters. The molecule has 1 aromatic heterocycles. The van der Waals surface area contributed by atoms with Crippen LogP contribution in [0.15, 0.2) is 6.07 Å². The topological polar surface area (TPSA) is 98.1 Å². The number of anilines is 2. The first-order valence-corrected chi connectivity index (χ1v) is 4.09. The minimum atomic E-state index is -0.415. The number of hydrogen-bond donors (Lipinski definition) is 2. The molecule has 1 rings (SSSR count). The Hall–Kier alpha value is -1.85. The number of carbonyl (C=O) groups is 1. The molecule has 0 aromatic carbocycles. The number of aryl methyl sites for hydroxylation is 1. The SMILES string of the molecule is Cc1cc(N(C)CC(N)=O)nc(N)n1. The van der Waals surface area contributed by atoms with E-state index in [-0.39, 0.29) is 12.5 Å². The lowest BCUT2D eigenvalue weighted by atomic mass is 10.4. The van der Waals surface area contributed by atoms with Crippen molar-refractivity contribution in [2.75, 3.05) is 24.2 Å². The molecule has 1 amide bonds. The molecule has 0 bridgehead atoms. The third-order valence-corrected chi connectivity index (χ3v) is 1.64. The van der Waals surface area contributed by atoms with Gasteiger partial charge in [0.1, 0.15) is 5.82 Å². The molecule has 1 aromatic rings. The van der Waals surface area contributed by atoms with Gasteiger partial charge in [0.05, 0.1) is 6.54 Å². The summed E-state index contributed by atoms with van der Waals surface area (Å²) in [5.74, 6) is 0.368. The van der Waals surface area contributed by atoms with Crippen LogP contribution in [0.25, 0.3) is 0 Å². The minimum Gasteiger partial charge on any atom is -0.368 e. The first kappa shape index (κ1) is 10.2. The van der Waals surface area contributed by atoms with Gasteiger partial charge in [0.2, 0.25) is 11.9 Å². The fourth-order valence-electron chi connectivity index (χ4n) is 1.08. The van der Waals surface area contributed by atoms with Crippen molar-refractivity contribution in [3.05, 3.63) is 11.8 Å². The van der Waals surface area contributed by atoms with Crippen LogP contribution in [-0.4, -0.2) is 29.5 Å². The summed E-state index contributed by atoms with van der Waals surface area (Å²) < 4.78 is 0. The largest absolute Gasteiger partial charge is 0.368 e. The first-order chi connectivity index (χ1) is 6.49. The summed E-state index contributed by atoms with van der Waals surface area (Å²) in [6.45, 7) is 1.91. The lowest BCUT2D eigenvalue weighted by Crippen LogP contribution is -2.31. The number of carbonyl (C=O) groups excluding carboxylic acids is 1. The molecule has 6 nitrogen and oxygen atoms in total. The van der Waals surface area contributed by atoms with Crippen LogP contribution < -0.4 is 16.4 Å². The van der Waals surface area contributed by atoms with E-state index in [1.54, 1.807) is 24.9 Å². The van der Waals surface area contributed by atoms with E-state index in [1.165, 1.54) is 0 Å². The van der Waals surface area contributed by atoms with Gasteiger partial charge in [0.15, 0.2) is 0 Å². The van der Waals surface area contributed by atoms with Crippen molar-refractivity contribution in [3.8, 4) is 0 Å². The van der Waals surface area contributed by atoms with Crippen LogP contribution >= 0.6 is 0 Å². The Bertz CT molecular complexity index is 331. The van der Waals surface area contributed by atoms with Crippen molar-refractivity contribution >= 4 is 17.7 Å². The Labute approximate surface area is 81.9 Å². The number of hydrogen-bond acceptors (Lipinski definition) is 5. The second-order valence-electron chi connectivity index (χ2n) is 3.05. The molecule has 6 heteroatoms. The van der Waals surface area contributed by atoms with Gasteiger partial charge < -0.3 is 16.4 Å². The number of aromatic nitrogens is 2. The van der Waals surface area contributed by atoms with Gasteiger partial charge in [-0.05, 0) is 6.92 Å². The molecule has 76 valence electrons. The molecule has 0 atom stereocenters. The highest BCUT2D eigenvalue weighted by molar-refractivity contribution is 5.79. The summed E-state index contributed by atoms with van der Waals surface area (Å²) in [5, 5.41) is 0. The maximum Gasteiger partial charge on any atom is 0.236 e. The quantitative estimate of drug-likeness (QED) is 0.663. The Balaban J connectivity index is 2.89. The highest BCUT2D eigenvalue weighted by Crippen LogP contribution is 2.10. The number of nitrogen functional groups attached to an aromatic ring is 1. The summed E-state index contributed by atoms with van der Waals surface area (Å²) in [4.78, 5) is 20.2. The maximum atomic E-state index is 10.7. The highest BCUT2D eigenvalue weighted by Gasteiger charge is 2.07. The molecule has 0 saturated heterocycles. The van der Waals surface area contributed by atoms with E-state index >= 15 is 0 Å². The number of rotatable bonds is 3. The molecule has 4 N–H and O–H groups in total. The van der Waals surface area contributed by atoms with E-state index in [2.05, 4.69) is 9.97 Å². The molecular weight excluding hydrogens is 182 g/mol. The van der Waals surface area contributed by atoms with Crippen molar-refractivity contribution in [3.63, 3.8) is 0 Å². The monoisotopic (exact) mass is 195 g/mol. The van der Waals surface area contributed by atoms with Crippen LogP contribution in [0.5, 0.6) is 0 Å². The zero-order valence-corrected chi connectivity index (χ0v) is 8.19. The Morgan fingerprint density at radius 2 is 2.21 bits per heavy atom. The van der Waals surface area contributed by atoms with Gasteiger partial charge in [-0.2, -0.15) is 4.98 Å². The molecule has 0 spiro atoms. The molecule has 0 aliphatic rings. The van der Waals surface area contributed by atoms with Gasteiger partial charge in [-0.1, -0.05) is 0 Å². The summed E-state index contributed by atoms with van der Waals surface area (Å²) in [6.07, 6.45) is 0. The standard InChI is InChI=1S/C8H13N5O/c1-5-3-7(12-8(10)11-5)13(2)4-6(9)14/h3H,4H2,1-2H3,(H2,9,14)(H2,10,11,12). The zero-order chi connectivity index (χ0) is 10.7. The number of amides is 1. The van der Waals surface area contributed by atoms with Crippen molar-refractivity contribution < 1.29 is 4.79 Å². The van der Waals surface area contributed by atoms with Crippen LogP contribution in [0.3, 0.4) is 0 Å².